The van der Waals surface area contributed by atoms with Crippen LogP contribution in [-0.2, 0) is 34.7 Å². The molecule has 10 heteroatoms. The minimum absolute atomic E-state index is 0.109. The van der Waals surface area contributed by atoms with Crippen LogP contribution >= 0.6 is 0 Å². The summed E-state index contributed by atoms with van der Waals surface area (Å²) in [5.74, 6) is -1.11. The lowest BCUT2D eigenvalue weighted by atomic mass is 9.86. The summed E-state index contributed by atoms with van der Waals surface area (Å²) in [6, 6.07) is 6.94. The molecule has 0 saturated carbocycles. The molecule has 1 amide bonds. The predicted molar refractivity (Wildman–Crippen MR) is 160 cm³/mol. The quantitative estimate of drug-likeness (QED) is 0.353. The van der Waals surface area contributed by atoms with Gasteiger partial charge in [-0.15, -0.1) is 0 Å². The van der Waals surface area contributed by atoms with Crippen LogP contribution < -0.4 is 10.3 Å². The molecular formula is C33H38N4O6. The summed E-state index contributed by atoms with van der Waals surface area (Å²) in [5, 5.41) is 12.2. The van der Waals surface area contributed by atoms with Crippen LogP contribution in [0.25, 0.3) is 22.3 Å². The average Bonchev–Trinajstić information content (AvgIpc) is 3.44. The molecule has 2 aromatic heterocycles. The van der Waals surface area contributed by atoms with Crippen molar-refractivity contribution in [3.63, 3.8) is 0 Å². The molecule has 0 unspecified atom stereocenters. The van der Waals surface area contributed by atoms with E-state index in [0.29, 0.717) is 48.1 Å². The van der Waals surface area contributed by atoms with E-state index in [0.717, 1.165) is 36.9 Å². The second kappa shape index (κ2) is 10.7. The van der Waals surface area contributed by atoms with E-state index in [1.165, 1.54) is 29.9 Å². The summed E-state index contributed by atoms with van der Waals surface area (Å²) in [4.78, 5) is 48.9. The maximum absolute atomic E-state index is 13.8. The van der Waals surface area contributed by atoms with Crippen molar-refractivity contribution in [3.8, 4) is 17.1 Å². The number of hydrogen-bond donors (Lipinski definition) is 1. The number of piperidine rings is 2. The number of aliphatic hydroxyl groups is 1. The van der Waals surface area contributed by atoms with Gasteiger partial charge in [0.05, 0.1) is 29.0 Å². The zero-order valence-electron chi connectivity index (χ0n) is 29.1. The number of aromatic nitrogens is 2. The average molecular weight is 592 g/mol. The Labute approximate surface area is 257 Å². The number of ether oxygens (including phenoxy) is 2. The van der Waals surface area contributed by atoms with Gasteiger partial charge in [0, 0.05) is 42.5 Å². The molecule has 1 aromatic carbocycles. The highest BCUT2D eigenvalue weighted by atomic mass is 16.6. The van der Waals surface area contributed by atoms with Gasteiger partial charge in [0.15, 0.2) is 5.60 Å². The van der Waals surface area contributed by atoms with E-state index in [1.807, 2.05) is 6.92 Å². The number of amides is 1. The van der Waals surface area contributed by atoms with Crippen molar-refractivity contribution in [2.75, 3.05) is 26.2 Å². The molecule has 226 valence electrons. The fourth-order valence-corrected chi connectivity index (χ4v) is 7.19. The number of rotatable bonds is 4. The van der Waals surface area contributed by atoms with Crippen LogP contribution in [0.4, 0.5) is 4.79 Å². The lowest BCUT2D eigenvalue weighted by Gasteiger charge is -2.39. The van der Waals surface area contributed by atoms with Gasteiger partial charge in [0.1, 0.15) is 12.4 Å². The van der Waals surface area contributed by atoms with Gasteiger partial charge in [-0.2, -0.15) is 0 Å². The van der Waals surface area contributed by atoms with Gasteiger partial charge in [0.2, 0.25) is 0 Å². The Hall–Kier alpha value is -3.76. The molecule has 0 aliphatic carbocycles. The molecule has 4 aliphatic heterocycles. The van der Waals surface area contributed by atoms with E-state index in [4.69, 9.17) is 21.3 Å². The Kier molecular flexibility index (Phi) is 5.68. The van der Waals surface area contributed by atoms with Gasteiger partial charge in [-0.05, 0) is 81.4 Å². The number of esters is 1. The van der Waals surface area contributed by atoms with Crippen molar-refractivity contribution in [1.29, 1.82) is 0 Å². The summed E-state index contributed by atoms with van der Waals surface area (Å²) in [6.45, 7) is 1.64. The SMILES string of the molecule is [2H]C([2H])([2H])C([2H])([2H])[C@@]1(O)C(=O)OCc2c1cc1n(c2=O)Cc2c-1nc1ccc(OC(=O)N3CCC(N4CCCCC4)CC3)cc1c2CC. The lowest BCUT2D eigenvalue weighted by molar-refractivity contribution is -0.172. The standard InChI is InChI=1S/C33H38N4O6/c1-3-22-23-16-21(43-32(40)36-14-10-20(11-15-36)35-12-6-5-7-13-35)8-9-27(23)34-29-24(22)18-37-28(29)17-26-25(30(37)38)19-42-31(39)33(26,41)4-2/h8-9,16-17,20,41H,3-7,10-15,18-19H2,1-2H3/t33-/m0/s1/i2D3,4D2. The number of fused-ring (bicyclic) bond motifs is 5. The second-order valence-electron chi connectivity index (χ2n) is 11.9. The van der Waals surface area contributed by atoms with Gasteiger partial charge in [-0.3, -0.25) is 4.79 Å². The third kappa shape index (κ3) is 4.53. The van der Waals surface area contributed by atoms with Crippen LogP contribution in [0.3, 0.4) is 0 Å². The maximum atomic E-state index is 13.8. The molecule has 2 fully saturated rings. The molecule has 0 spiro atoms. The fourth-order valence-electron chi connectivity index (χ4n) is 7.19. The molecule has 2 saturated heterocycles. The molecule has 0 bridgehead atoms. The molecule has 1 atom stereocenters. The zero-order valence-corrected chi connectivity index (χ0v) is 24.1. The third-order valence-corrected chi connectivity index (χ3v) is 9.54. The molecular weight excluding hydrogens is 548 g/mol. The number of benzene rings is 1. The minimum Gasteiger partial charge on any atom is -0.458 e. The highest BCUT2D eigenvalue weighted by Crippen LogP contribution is 2.40. The second-order valence-corrected chi connectivity index (χ2v) is 11.9. The van der Waals surface area contributed by atoms with Crippen LogP contribution in [0, 0.1) is 0 Å². The van der Waals surface area contributed by atoms with E-state index in [2.05, 4.69) is 4.90 Å². The number of pyridine rings is 2. The Morgan fingerprint density at radius 2 is 1.95 bits per heavy atom. The Morgan fingerprint density at radius 1 is 1.16 bits per heavy atom. The summed E-state index contributed by atoms with van der Waals surface area (Å²) in [7, 11) is 0. The molecule has 10 nitrogen and oxygen atoms in total. The van der Waals surface area contributed by atoms with E-state index in [1.54, 1.807) is 23.1 Å². The van der Waals surface area contributed by atoms with Crippen molar-refractivity contribution in [1.82, 2.24) is 19.4 Å². The van der Waals surface area contributed by atoms with E-state index >= 15 is 0 Å². The normalized spacial score (nSPS) is 24.6. The summed E-state index contributed by atoms with van der Waals surface area (Å²) in [5.41, 5.74) is -1.78. The number of hydrogen-bond acceptors (Lipinski definition) is 8. The monoisotopic (exact) mass is 591 g/mol. The zero-order chi connectivity index (χ0) is 34.2. The fraction of sp³-hybridized carbons (Fsp3) is 0.515. The topological polar surface area (TPSA) is 114 Å². The lowest BCUT2D eigenvalue weighted by Crippen LogP contribution is -2.48. The summed E-state index contributed by atoms with van der Waals surface area (Å²) >= 11 is 0. The molecule has 0 radical (unpaired) electrons. The molecule has 7 rings (SSSR count). The van der Waals surface area contributed by atoms with E-state index < -0.39 is 48.6 Å². The third-order valence-electron chi connectivity index (χ3n) is 9.54. The number of carbonyl (C=O) groups excluding carboxylic acids is 2. The van der Waals surface area contributed by atoms with Crippen molar-refractivity contribution >= 4 is 23.0 Å². The Bertz CT molecular complexity index is 1880. The van der Waals surface area contributed by atoms with Gasteiger partial charge < -0.3 is 28.9 Å². The first-order valence-corrected chi connectivity index (χ1v) is 15.1. The smallest absolute Gasteiger partial charge is 0.415 e. The Balaban J connectivity index is 1.20. The van der Waals surface area contributed by atoms with Crippen molar-refractivity contribution in [3.05, 3.63) is 56.9 Å². The van der Waals surface area contributed by atoms with Crippen LogP contribution in [0.5, 0.6) is 5.75 Å². The maximum Gasteiger partial charge on any atom is 0.415 e. The molecule has 6 heterocycles. The molecule has 1 N–H and O–H groups in total. The Morgan fingerprint density at radius 3 is 2.70 bits per heavy atom. The van der Waals surface area contributed by atoms with E-state index in [9.17, 15) is 19.5 Å². The molecule has 4 aliphatic rings. The van der Waals surface area contributed by atoms with Gasteiger partial charge in [0.25, 0.3) is 5.56 Å². The first-order valence-electron chi connectivity index (χ1n) is 17.6. The van der Waals surface area contributed by atoms with Gasteiger partial charge in [-0.25, -0.2) is 14.6 Å². The number of nitrogens with zero attached hydrogens (tertiary/aromatic N) is 4. The van der Waals surface area contributed by atoms with Crippen LogP contribution in [0.1, 0.15) is 81.4 Å². The number of cyclic esters (lactones) is 1. The van der Waals surface area contributed by atoms with Crippen molar-refractivity contribution in [2.45, 2.75) is 83.5 Å². The minimum atomic E-state index is -3.47. The van der Waals surface area contributed by atoms with Gasteiger partial charge in [-0.1, -0.05) is 20.2 Å². The first-order chi connectivity index (χ1) is 22.8. The largest absolute Gasteiger partial charge is 0.458 e. The van der Waals surface area contributed by atoms with E-state index in [-0.39, 0.29) is 17.8 Å². The van der Waals surface area contributed by atoms with Crippen molar-refractivity contribution in [2.24, 2.45) is 0 Å². The summed E-state index contributed by atoms with van der Waals surface area (Å²) < 4.78 is 52.0. The van der Waals surface area contributed by atoms with Crippen LogP contribution in [0.2, 0.25) is 0 Å². The van der Waals surface area contributed by atoms with Crippen LogP contribution in [-0.4, -0.2) is 68.7 Å². The summed E-state index contributed by atoms with van der Waals surface area (Å²) in [6.07, 6.45) is 2.27. The predicted octanol–water partition coefficient (Wildman–Crippen LogP) is 4.09. The van der Waals surface area contributed by atoms with Gasteiger partial charge >= 0.3 is 12.1 Å². The molecule has 3 aromatic rings. The number of aryl methyl sites for hydroxylation is 1. The highest BCUT2D eigenvalue weighted by molar-refractivity contribution is 5.90. The van der Waals surface area contributed by atoms with Crippen molar-refractivity contribution < 1.29 is 31.0 Å². The molecule has 43 heavy (non-hydrogen) atoms. The number of likely N-dealkylation sites (tertiary alicyclic amines) is 2. The highest BCUT2D eigenvalue weighted by Gasteiger charge is 2.45. The first kappa shape index (κ1) is 22.7. The number of carbonyl (C=O) groups is 2. The van der Waals surface area contributed by atoms with Crippen LogP contribution in [0.15, 0.2) is 29.1 Å².